The van der Waals surface area contributed by atoms with Crippen LogP contribution in [-0.2, 0) is 96.3 Å². The molecule has 7 aliphatic rings. The first kappa shape index (κ1) is 95.0. The Balaban J connectivity index is 0.880. The van der Waals surface area contributed by atoms with Gasteiger partial charge in [-0.15, -0.1) is 0 Å². The zero-order valence-electron chi connectivity index (χ0n) is 69.6. The Bertz CT molecular complexity index is 4670. The quantitative estimate of drug-likeness (QED) is 0.0999. The molecule has 7 heterocycles. The number of carboxylic acids is 2. The Hall–Kier alpha value is -12.9. The number of Topliss-reactive ketones (excluding diaryl/α,β-unsaturated/α-hetero) is 2. The molecule has 2 saturated heterocycles. The van der Waals surface area contributed by atoms with Gasteiger partial charge in [0.05, 0.1) is 107 Å². The summed E-state index contributed by atoms with van der Waals surface area (Å²) in [5, 5.41) is 61.3. The van der Waals surface area contributed by atoms with Gasteiger partial charge in [-0.1, -0.05) is 55.5 Å². The fourth-order valence-electron chi connectivity index (χ4n) is 14.2. The van der Waals surface area contributed by atoms with Gasteiger partial charge in [-0.25, -0.2) is 14.5 Å². The zero-order valence-corrected chi connectivity index (χ0v) is 69.6. The lowest BCUT2D eigenvalue weighted by atomic mass is 9.98. The van der Waals surface area contributed by atoms with E-state index >= 15 is 0 Å². The molecule has 11 rings (SSSR count). The second kappa shape index (κ2) is 45.3. The van der Waals surface area contributed by atoms with Crippen LogP contribution in [0.4, 0.5) is 32.3 Å². The summed E-state index contributed by atoms with van der Waals surface area (Å²) in [6, 6.07) is 9.87. The highest BCUT2D eigenvalue weighted by Gasteiger charge is 2.47. The molecule has 0 saturated carbocycles. The minimum atomic E-state index is -1.91. The number of ketones is 2. The van der Waals surface area contributed by atoms with Gasteiger partial charge in [0.15, 0.2) is 29.3 Å². The fraction of sp³-hybridized carbons (Fsp3) is 0.482. The molecule has 7 aliphatic heterocycles. The number of fused-ring (bicyclic) bond motifs is 4. The van der Waals surface area contributed by atoms with Crippen molar-refractivity contribution in [1.82, 2.24) is 41.7 Å². The summed E-state index contributed by atoms with van der Waals surface area (Å²) in [5.74, 6) is -11.7. The second-order valence-electron chi connectivity index (χ2n) is 30.6. The number of carbonyl (C=O) groups is 16. The lowest BCUT2D eigenvalue weighted by molar-refractivity contribution is -0.140. The third-order valence-corrected chi connectivity index (χ3v) is 21.0. The SMILES string of the molecule is C=C1C[C@H]2CN3C(=O)OCc4ccc(cc4)NC(=O)C(C)NC(=O)C(C)NC(=O)CCOCCCC(=O)C(NC(=O)CCC(=O)O)C(NC(=O)CCC(=O)O)C(=O)NCCOCCC(=O)NC(C)C(=O)CC(C)C(=O)Nc4ccc(cc4)COC(=O)N4c5cc(c(OC)cc5C(=O)N5CC(=C)C[C@H]5[C@@H]4O)OCCCCCOc4cc3c(cc4CO)C(=O)N2C1. The van der Waals surface area contributed by atoms with Crippen LogP contribution in [0.2, 0.25) is 0 Å². The van der Waals surface area contributed by atoms with Crippen molar-refractivity contribution >= 4 is 118 Å². The number of ether oxygens (including phenoxy) is 7. The van der Waals surface area contributed by atoms with Crippen molar-refractivity contribution in [3.63, 3.8) is 0 Å². The van der Waals surface area contributed by atoms with Crippen molar-refractivity contribution in [3.8, 4) is 17.2 Å². The van der Waals surface area contributed by atoms with E-state index in [1.165, 1.54) is 81.0 Å². The Morgan fingerprint density at radius 2 is 1.07 bits per heavy atom. The van der Waals surface area contributed by atoms with Gasteiger partial charge in [0.2, 0.25) is 47.3 Å². The van der Waals surface area contributed by atoms with E-state index in [-0.39, 0.29) is 156 Å². The number of rotatable bonds is 10. The van der Waals surface area contributed by atoms with Crippen molar-refractivity contribution in [3.05, 3.63) is 125 Å². The molecule has 6 unspecified atom stereocenters. The number of anilines is 4. The van der Waals surface area contributed by atoms with Crippen LogP contribution >= 0.6 is 0 Å². The van der Waals surface area contributed by atoms with E-state index in [1.807, 2.05) is 0 Å². The van der Waals surface area contributed by atoms with Crippen LogP contribution in [0.15, 0.2) is 97.1 Å². The molecule has 124 heavy (non-hydrogen) atoms. The van der Waals surface area contributed by atoms with Gasteiger partial charge in [-0.05, 0) is 107 Å². The summed E-state index contributed by atoms with van der Waals surface area (Å²) in [4.78, 5) is 219. The first-order valence-electron chi connectivity index (χ1n) is 40.7. The van der Waals surface area contributed by atoms with E-state index in [0.29, 0.717) is 53.8 Å². The molecule has 4 aromatic carbocycles. The average molecular weight is 1730 g/mol. The van der Waals surface area contributed by atoms with E-state index in [0.717, 1.165) is 10.5 Å². The number of hydrogen-bond donors (Lipinski definition) is 12. The summed E-state index contributed by atoms with van der Waals surface area (Å²) in [6.07, 6.45) is -5.56. The smallest absolute Gasteiger partial charge is 0.416 e. The fourth-order valence-corrected chi connectivity index (χ4v) is 14.2. The summed E-state index contributed by atoms with van der Waals surface area (Å²) < 4.78 is 41.1. The molecular weight excluding hydrogens is 1620 g/mol. The van der Waals surface area contributed by atoms with Gasteiger partial charge < -0.3 is 106 Å². The summed E-state index contributed by atoms with van der Waals surface area (Å²) in [7, 11) is 1.38. The number of nitrogens with one attached hydrogen (secondary N) is 8. The highest BCUT2D eigenvalue weighted by molar-refractivity contribution is 6.08. The molecule has 0 spiro atoms. The molecule has 12 amide bonds. The standard InChI is InChI=1S/C85H106N12O27/c1-47-34-58-43-96-61-39-66(55(44-98)37-59(61)81(113)94(58)41-47)121-29-9-8-10-30-122-68-40-62-60(38-67(68)118-7)82(114)95-42-48(2)35-63(95)83(115)97(62)85(117)124-46-54-13-17-56(18-14-54)90-77(109)49(3)36-65(100)50(4)87-71(103)26-32-120-33-27-86-80(112)76(93-70(102)22-24-74(107)108)75(92-69(101)21-23-73(105)106)64(99)12-11-28-119-31-25-72(104)88-51(5)78(110)89-52(6)79(111)91-57-19-15-53(16-20-57)45-123-84(96)116/h13-20,37-40,49-52,58,63,75-76,83,98,115H,1-2,8-12,21-36,41-46H2,3-7H3,(H,86,112)(H,87,103)(H,88,104)(H,89,110)(H,90,109)(H,91,111)(H,92,101)(H,93,102)(H,105,106)(H,107,108)/t49?,50?,51?,52?,58-,63-,75?,76?,83-/m0/s1. The minimum absolute atomic E-state index is 0.00358. The number of methoxy groups -OCH3 is 1. The molecule has 0 aromatic heterocycles. The Morgan fingerprint density at radius 1 is 0.532 bits per heavy atom. The number of aliphatic hydroxyl groups excluding tert-OH is 2. The van der Waals surface area contributed by atoms with Crippen LogP contribution in [0.25, 0.3) is 0 Å². The van der Waals surface area contributed by atoms with E-state index in [1.54, 1.807) is 41.3 Å². The number of carbonyl (C=O) groups excluding carboxylic acids is 14. The number of hydrogen-bond acceptors (Lipinski definition) is 25. The van der Waals surface area contributed by atoms with Crippen molar-refractivity contribution in [1.29, 1.82) is 0 Å². The Kier molecular flexibility index (Phi) is 34.7. The molecule has 8 bridgehead atoms. The summed E-state index contributed by atoms with van der Waals surface area (Å²) in [6.45, 7) is 12.1. The van der Waals surface area contributed by atoms with Gasteiger partial charge in [0.1, 0.15) is 43.1 Å². The lowest BCUT2D eigenvalue weighted by Gasteiger charge is -2.31. The monoisotopic (exact) mass is 1730 g/mol. The van der Waals surface area contributed by atoms with Gasteiger partial charge in [0, 0.05) is 99.8 Å². The number of benzene rings is 4. The normalized spacial score (nSPS) is 23.3. The third-order valence-electron chi connectivity index (χ3n) is 21.0. The first-order chi connectivity index (χ1) is 59.2. The minimum Gasteiger partial charge on any atom is -0.493 e. The van der Waals surface area contributed by atoms with Crippen molar-refractivity contribution < 1.29 is 130 Å². The Labute approximate surface area is 713 Å². The van der Waals surface area contributed by atoms with Crippen molar-refractivity contribution in [2.24, 2.45) is 5.92 Å². The molecule has 12 N–H and O–H groups in total. The maximum Gasteiger partial charge on any atom is 0.416 e. The van der Waals surface area contributed by atoms with Crippen molar-refractivity contribution in [2.75, 3.05) is 93.4 Å². The van der Waals surface area contributed by atoms with Gasteiger partial charge in [0.25, 0.3) is 11.8 Å². The summed E-state index contributed by atoms with van der Waals surface area (Å²) >= 11 is 0. The zero-order chi connectivity index (χ0) is 90.0. The second-order valence-corrected chi connectivity index (χ2v) is 30.6. The predicted octanol–water partition coefficient (Wildman–Crippen LogP) is 3.97. The van der Waals surface area contributed by atoms with Gasteiger partial charge >= 0.3 is 24.1 Å². The number of nitrogens with zero attached hydrogens (tertiary/aromatic N) is 4. The van der Waals surface area contributed by atoms with Crippen LogP contribution in [-0.4, -0.2) is 246 Å². The maximum absolute atomic E-state index is 14.4. The van der Waals surface area contributed by atoms with Crippen LogP contribution in [0.5, 0.6) is 17.2 Å². The van der Waals surface area contributed by atoms with E-state index in [4.69, 9.17) is 33.2 Å². The molecular formula is C85H106N12O27. The van der Waals surface area contributed by atoms with Gasteiger partial charge in [-0.3, -0.25) is 72.0 Å². The van der Waals surface area contributed by atoms with Crippen LogP contribution < -0.4 is 66.5 Å². The largest absolute Gasteiger partial charge is 0.493 e. The third kappa shape index (κ3) is 26.6. The molecule has 668 valence electrons. The van der Waals surface area contributed by atoms with Crippen LogP contribution in [0, 0.1) is 5.92 Å². The van der Waals surface area contributed by atoms with Crippen LogP contribution in [0.1, 0.15) is 155 Å². The molecule has 0 radical (unpaired) electrons. The number of amides is 12. The molecule has 39 heteroatoms. The Morgan fingerprint density at radius 3 is 1.69 bits per heavy atom. The molecule has 0 aliphatic carbocycles. The van der Waals surface area contributed by atoms with E-state index in [2.05, 4.69) is 55.7 Å². The lowest BCUT2D eigenvalue weighted by Crippen LogP contribution is -2.61. The number of aliphatic carboxylic acids is 2. The summed E-state index contributed by atoms with van der Waals surface area (Å²) in [5.41, 5.74) is 3.55. The highest BCUT2D eigenvalue weighted by Crippen LogP contribution is 2.43. The van der Waals surface area contributed by atoms with Crippen LogP contribution in [0.3, 0.4) is 0 Å². The molecule has 9 atom stereocenters. The highest BCUT2D eigenvalue weighted by atomic mass is 16.6. The van der Waals surface area contributed by atoms with E-state index in [9.17, 15) is 97.1 Å². The predicted molar refractivity (Wildman–Crippen MR) is 441 cm³/mol. The van der Waals surface area contributed by atoms with Gasteiger partial charge in [-0.2, -0.15) is 0 Å². The first-order valence-corrected chi connectivity index (χ1v) is 40.7. The maximum atomic E-state index is 14.4. The number of aliphatic hydroxyl groups is 2. The topological polar surface area (TPSA) is 528 Å². The average Bonchev–Trinajstić information content (AvgIpc) is 1.60. The molecule has 2 fully saturated rings. The van der Waals surface area contributed by atoms with Crippen molar-refractivity contribution in [2.45, 2.75) is 186 Å². The van der Waals surface area contributed by atoms with E-state index < -0.39 is 188 Å². The number of carboxylic acid groups (broad SMARTS) is 2. The molecule has 4 aromatic rings. The molecule has 39 nitrogen and oxygen atoms in total.